The molecule has 0 nitrogen and oxygen atoms in total. The van der Waals surface area contributed by atoms with Crippen molar-refractivity contribution >= 4 is 32.3 Å². The van der Waals surface area contributed by atoms with Crippen molar-refractivity contribution in [3.8, 4) is 11.1 Å². The van der Waals surface area contributed by atoms with Gasteiger partial charge >= 0.3 is 6.18 Å². The summed E-state index contributed by atoms with van der Waals surface area (Å²) in [5.41, 5.74) is -1.31. The Morgan fingerprint density at radius 2 is 1.14 bits per heavy atom. The van der Waals surface area contributed by atoms with Gasteiger partial charge in [0.25, 0.3) is 0 Å². The summed E-state index contributed by atoms with van der Waals surface area (Å²) in [6.45, 7) is 0. The van der Waals surface area contributed by atoms with E-state index < -0.39 is 23.4 Å². The number of hydrogen-bond donors (Lipinski definition) is 0. The molecule has 0 aliphatic heterocycles. The van der Waals surface area contributed by atoms with E-state index in [0.717, 1.165) is 44.5 Å². The second-order valence-electron chi connectivity index (χ2n) is 6.78. The number of benzene rings is 5. The van der Waals surface area contributed by atoms with Crippen molar-refractivity contribution in [1.82, 2.24) is 0 Å². The van der Waals surface area contributed by atoms with Gasteiger partial charge in [0.05, 0.1) is 0 Å². The van der Waals surface area contributed by atoms with Crippen molar-refractivity contribution in [2.45, 2.75) is 6.18 Å². The number of halogens is 5. The zero-order valence-corrected chi connectivity index (χ0v) is 14.2. The Kier molecular flexibility index (Phi) is 3.41. The van der Waals surface area contributed by atoms with E-state index in [0.29, 0.717) is 5.56 Å². The van der Waals surface area contributed by atoms with E-state index in [4.69, 9.17) is 0 Å². The van der Waals surface area contributed by atoms with Gasteiger partial charge in [0, 0.05) is 0 Å². The Morgan fingerprint density at radius 1 is 0.607 bits per heavy atom. The molecule has 5 aromatic rings. The van der Waals surface area contributed by atoms with Crippen LogP contribution in [-0.2, 0) is 6.18 Å². The molecule has 0 aliphatic rings. The van der Waals surface area contributed by atoms with Crippen molar-refractivity contribution < 1.29 is 22.0 Å². The third kappa shape index (κ3) is 2.35. The maximum absolute atomic E-state index is 14.1. The quantitative estimate of drug-likeness (QED) is 0.207. The first kappa shape index (κ1) is 16.9. The summed E-state index contributed by atoms with van der Waals surface area (Å²) in [4.78, 5) is 0. The van der Waals surface area contributed by atoms with E-state index in [-0.39, 0.29) is 5.56 Å². The van der Waals surface area contributed by atoms with Gasteiger partial charge in [-0.2, -0.15) is 13.2 Å². The monoisotopic (exact) mass is 382 g/mol. The largest absolute Gasteiger partial charge is 0.422 e. The minimum Gasteiger partial charge on any atom is -0.206 e. The summed E-state index contributed by atoms with van der Waals surface area (Å²) >= 11 is 0. The van der Waals surface area contributed by atoms with Crippen LogP contribution in [0.25, 0.3) is 43.4 Å². The van der Waals surface area contributed by atoms with Crippen LogP contribution < -0.4 is 0 Å². The van der Waals surface area contributed by atoms with Crippen LogP contribution in [0, 0.1) is 11.6 Å². The molecule has 0 unspecified atom stereocenters. The van der Waals surface area contributed by atoms with Gasteiger partial charge in [0.15, 0.2) is 0 Å². The van der Waals surface area contributed by atoms with E-state index in [2.05, 4.69) is 0 Å². The molecule has 0 spiro atoms. The summed E-state index contributed by atoms with van der Waals surface area (Å²) in [6, 6.07) is 18.6. The van der Waals surface area contributed by atoms with Crippen LogP contribution >= 0.6 is 0 Å². The summed E-state index contributed by atoms with van der Waals surface area (Å²) < 4.78 is 66.9. The minimum absolute atomic E-state index is 0.0703. The van der Waals surface area contributed by atoms with Crippen LogP contribution in [0.15, 0.2) is 66.7 Å². The fourth-order valence-electron chi connectivity index (χ4n) is 3.99. The average Bonchev–Trinajstić information content (AvgIpc) is 2.64. The Balaban J connectivity index is 1.85. The van der Waals surface area contributed by atoms with E-state index in [1.54, 1.807) is 6.07 Å². The topological polar surface area (TPSA) is 0 Å². The molecule has 5 rings (SSSR count). The number of alkyl halides is 3. The molecule has 0 N–H and O–H groups in total. The molecule has 0 bridgehead atoms. The predicted molar refractivity (Wildman–Crippen MR) is 101 cm³/mol. The zero-order valence-electron chi connectivity index (χ0n) is 14.2. The molecule has 0 aliphatic carbocycles. The lowest BCUT2D eigenvalue weighted by Crippen LogP contribution is -2.11. The average molecular weight is 382 g/mol. The van der Waals surface area contributed by atoms with Crippen molar-refractivity contribution in [2.75, 3.05) is 0 Å². The molecule has 0 saturated carbocycles. The smallest absolute Gasteiger partial charge is 0.206 e. The lowest BCUT2D eigenvalue weighted by molar-refractivity contribution is -0.142. The molecule has 28 heavy (non-hydrogen) atoms. The molecule has 0 atom stereocenters. The van der Waals surface area contributed by atoms with Crippen molar-refractivity contribution in [3.63, 3.8) is 0 Å². The second-order valence-corrected chi connectivity index (χ2v) is 6.78. The molecular formula is C23H11F5. The highest BCUT2D eigenvalue weighted by atomic mass is 19.4. The highest BCUT2D eigenvalue weighted by Crippen LogP contribution is 2.41. The van der Waals surface area contributed by atoms with Gasteiger partial charge in [0.1, 0.15) is 17.2 Å². The third-order valence-corrected chi connectivity index (χ3v) is 5.17. The fourth-order valence-corrected chi connectivity index (χ4v) is 3.99. The molecule has 0 fully saturated rings. The van der Waals surface area contributed by atoms with Crippen molar-refractivity contribution in [3.05, 3.63) is 83.9 Å². The SMILES string of the molecule is Fc1cc(-c2ccc3ccc4cccc5ccc2c3c45)cc(F)c1C(F)(F)F. The molecule has 0 saturated heterocycles. The molecule has 0 radical (unpaired) electrons. The molecule has 5 heteroatoms. The van der Waals surface area contributed by atoms with Gasteiger partial charge in [-0.05, 0) is 55.6 Å². The van der Waals surface area contributed by atoms with Crippen molar-refractivity contribution in [2.24, 2.45) is 0 Å². The van der Waals surface area contributed by atoms with Crippen LogP contribution in [0.4, 0.5) is 22.0 Å². The summed E-state index contributed by atoms with van der Waals surface area (Å²) in [5.74, 6) is -3.23. The Bertz CT molecular complexity index is 1330. The maximum Gasteiger partial charge on any atom is 0.422 e. The summed E-state index contributed by atoms with van der Waals surface area (Å²) in [5, 5.41) is 5.69. The van der Waals surface area contributed by atoms with Gasteiger partial charge < -0.3 is 0 Å². The molecule has 5 aromatic carbocycles. The van der Waals surface area contributed by atoms with E-state index >= 15 is 0 Å². The normalized spacial score (nSPS) is 12.5. The van der Waals surface area contributed by atoms with Crippen LogP contribution in [0.5, 0.6) is 0 Å². The minimum atomic E-state index is -5.09. The molecule has 0 amide bonds. The van der Waals surface area contributed by atoms with Crippen LogP contribution in [0.1, 0.15) is 5.56 Å². The zero-order chi connectivity index (χ0) is 19.6. The van der Waals surface area contributed by atoms with E-state index in [1.807, 2.05) is 48.5 Å². The maximum atomic E-state index is 14.1. The lowest BCUT2D eigenvalue weighted by atomic mass is 9.89. The van der Waals surface area contributed by atoms with Gasteiger partial charge in [-0.1, -0.05) is 54.6 Å². The summed E-state index contributed by atoms with van der Waals surface area (Å²) in [6.07, 6.45) is -5.09. The molecule has 138 valence electrons. The highest BCUT2D eigenvalue weighted by Gasteiger charge is 2.38. The van der Waals surface area contributed by atoms with Crippen molar-refractivity contribution in [1.29, 1.82) is 0 Å². The van der Waals surface area contributed by atoms with E-state index in [9.17, 15) is 22.0 Å². The Morgan fingerprint density at radius 3 is 1.75 bits per heavy atom. The lowest BCUT2D eigenvalue weighted by Gasteiger charge is -2.15. The summed E-state index contributed by atoms with van der Waals surface area (Å²) in [7, 11) is 0. The van der Waals surface area contributed by atoms with Crippen LogP contribution in [-0.4, -0.2) is 0 Å². The molecule has 0 heterocycles. The molecular weight excluding hydrogens is 371 g/mol. The Hall–Kier alpha value is -3.21. The first-order valence-electron chi connectivity index (χ1n) is 8.58. The standard InChI is InChI=1S/C23H11F5/c24-18-10-15(11-19(25)22(18)23(26,27)28)16-8-6-14-5-4-12-2-1-3-13-7-9-17(16)21(14)20(12)13/h1-11H. The van der Waals surface area contributed by atoms with E-state index in [1.165, 1.54) is 0 Å². The predicted octanol–water partition coefficient (Wildman–Crippen LogP) is 7.55. The number of hydrogen-bond acceptors (Lipinski definition) is 0. The highest BCUT2D eigenvalue weighted by molar-refractivity contribution is 6.25. The van der Waals surface area contributed by atoms with Gasteiger partial charge in [-0.15, -0.1) is 0 Å². The van der Waals surface area contributed by atoms with Crippen LogP contribution in [0.3, 0.4) is 0 Å². The first-order chi connectivity index (χ1) is 13.3. The first-order valence-corrected chi connectivity index (χ1v) is 8.58. The Labute approximate surface area is 156 Å². The second kappa shape index (κ2) is 5.64. The van der Waals surface area contributed by atoms with Gasteiger partial charge in [0.2, 0.25) is 0 Å². The molecule has 0 aromatic heterocycles. The third-order valence-electron chi connectivity index (χ3n) is 5.17. The van der Waals surface area contributed by atoms with Gasteiger partial charge in [-0.3, -0.25) is 0 Å². The number of rotatable bonds is 1. The fraction of sp³-hybridized carbons (Fsp3) is 0.0435. The van der Waals surface area contributed by atoms with Gasteiger partial charge in [-0.25, -0.2) is 8.78 Å². The van der Waals surface area contributed by atoms with Crippen LogP contribution in [0.2, 0.25) is 0 Å².